The number of amides is 1. The van der Waals surface area contributed by atoms with Crippen molar-refractivity contribution in [2.24, 2.45) is 10.2 Å². The molecule has 0 unspecified atom stereocenters. The number of hydrogen-bond donors (Lipinski definition) is 3. The Balaban J connectivity index is 1.44. The Morgan fingerprint density at radius 1 is 1.18 bits per heavy atom. The van der Waals surface area contributed by atoms with Gasteiger partial charge in [-0.25, -0.2) is 23.4 Å². The van der Waals surface area contributed by atoms with Crippen LogP contribution in [0, 0.1) is 5.82 Å². The summed E-state index contributed by atoms with van der Waals surface area (Å²) < 4.78 is 36.5. The molecule has 1 aliphatic heterocycles. The first-order valence-electron chi connectivity index (χ1n) is 11.1. The number of nitrogens with two attached hydrogens (primary N) is 1. The van der Waals surface area contributed by atoms with E-state index in [9.17, 15) is 22.7 Å². The third-order valence-corrected chi connectivity index (χ3v) is 6.51. The Kier molecular flexibility index (Phi) is 8.72. The van der Waals surface area contributed by atoms with Gasteiger partial charge in [0.1, 0.15) is 11.6 Å². The fourth-order valence-electron chi connectivity index (χ4n) is 3.80. The van der Waals surface area contributed by atoms with Gasteiger partial charge >= 0.3 is 0 Å². The highest BCUT2D eigenvalue weighted by Gasteiger charge is 2.19. The van der Waals surface area contributed by atoms with Gasteiger partial charge in [0.05, 0.1) is 17.7 Å². The quantitative estimate of drug-likeness (QED) is 0.359. The summed E-state index contributed by atoms with van der Waals surface area (Å²) in [6.45, 7) is 5.67. The number of aromatic hydroxyl groups is 1. The van der Waals surface area contributed by atoms with E-state index in [1.165, 1.54) is 30.5 Å². The zero-order chi connectivity index (χ0) is 24.7. The number of halogens is 1. The largest absolute Gasteiger partial charge is 0.507 e. The zero-order valence-electron chi connectivity index (χ0n) is 19.1. The lowest BCUT2D eigenvalue weighted by molar-refractivity contribution is -0.122. The third kappa shape index (κ3) is 7.32. The summed E-state index contributed by atoms with van der Waals surface area (Å²) in [4.78, 5) is 16.5. The summed E-state index contributed by atoms with van der Waals surface area (Å²) in [5, 5.41) is 19.2. The van der Waals surface area contributed by atoms with Crippen molar-refractivity contribution in [1.82, 2.24) is 15.2 Å². The SMILES string of the molecule is CCCc1cc(F)cc(/C=N/NC(=O)CN2CCN(Cc3ccc(S(N)(=O)=O)cc3)CC2)c1O. The molecule has 1 amide bonds. The van der Waals surface area contributed by atoms with E-state index in [-0.39, 0.29) is 28.7 Å². The summed E-state index contributed by atoms with van der Waals surface area (Å²) in [5.74, 6) is -0.795. The van der Waals surface area contributed by atoms with E-state index in [0.717, 1.165) is 25.1 Å². The van der Waals surface area contributed by atoms with Crippen molar-refractivity contribution < 1.29 is 22.7 Å². The molecule has 9 nitrogen and oxygen atoms in total. The van der Waals surface area contributed by atoms with E-state index in [0.29, 0.717) is 31.6 Å². The fourth-order valence-corrected chi connectivity index (χ4v) is 4.31. The standard InChI is InChI=1S/C23H30FN5O4S/c1-2-3-18-12-20(24)13-19(23(18)31)14-26-27-22(30)16-29-10-8-28(9-11-29)15-17-4-6-21(7-5-17)34(25,32)33/h4-7,12-14,31H,2-3,8-11,15-16H2,1H3,(H,27,30)(H2,25,32,33)/b26-14+. The van der Waals surface area contributed by atoms with Crippen molar-refractivity contribution in [3.63, 3.8) is 0 Å². The predicted molar refractivity (Wildman–Crippen MR) is 127 cm³/mol. The number of benzene rings is 2. The first kappa shape index (κ1) is 25.8. The lowest BCUT2D eigenvalue weighted by atomic mass is 10.1. The van der Waals surface area contributed by atoms with Crippen molar-refractivity contribution in [2.75, 3.05) is 32.7 Å². The molecule has 34 heavy (non-hydrogen) atoms. The van der Waals surface area contributed by atoms with Crippen LogP contribution in [-0.2, 0) is 27.8 Å². The maximum absolute atomic E-state index is 13.8. The molecule has 11 heteroatoms. The van der Waals surface area contributed by atoms with Gasteiger partial charge in [-0.15, -0.1) is 0 Å². The minimum Gasteiger partial charge on any atom is -0.507 e. The van der Waals surface area contributed by atoms with Crippen LogP contribution in [0.5, 0.6) is 5.75 Å². The summed E-state index contributed by atoms with van der Waals surface area (Å²) in [5.41, 5.74) is 4.13. The lowest BCUT2D eigenvalue weighted by Crippen LogP contribution is -2.48. The van der Waals surface area contributed by atoms with Crippen molar-refractivity contribution in [3.05, 3.63) is 58.9 Å². The number of hydrazone groups is 1. The van der Waals surface area contributed by atoms with Crippen LogP contribution in [0.25, 0.3) is 0 Å². The van der Waals surface area contributed by atoms with Crippen molar-refractivity contribution in [3.8, 4) is 5.75 Å². The topological polar surface area (TPSA) is 128 Å². The molecule has 4 N–H and O–H groups in total. The highest BCUT2D eigenvalue weighted by Crippen LogP contribution is 2.24. The van der Waals surface area contributed by atoms with Crippen LogP contribution in [-0.4, -0.2) is 68.2 Å². The fraction of sp³-hybridized carbons (Fsp3) is 0.391. The summed E-state index contributed by atoms with van der Waals surface area (Å²) >= 11 is 0. The van der Waals surface area contributed by atoms with Gasteiger partial charge in [0.15, 0.2) is 0 Å². The van der Waals surface area contributed by atoms with E-state index < -0.39 is 15.8 Å². The number of phenols is 1. The van der Waals surface area contributed by atoms with E-state index in [4.69, 9.17) is 5.14 Å². The molecule has 1 aliphatic rings. The van der Waals surface area contributed by atoms with E-state index >= 15 is 0 Å². The molecule has 0 spiro atoms. The van der Waals surface area contributed by atoms with Crippen LogP contribution in [0.15, 0.2) is 46.4 Å². The van der Waals surface area contributed by atoms with Crippen LogP contribution in [0.4, 0.5) is 4.39 Å². The Labute approximate surface area is 199 Å². The van der Waals surface area contributed by atoms with Crippen LogP contribution < -0.4 is 10.6 Å². The molecule has 1 heterocycles. The van der Waals surface area contributed by atoms with Gasteiger partial charge in [0.2, 0.25) is 10.0 Å². The van der Waals surface area contributed by atoms with Gasteiger partial charge in [-0.05, 0) is 41.8 Å². The second-order valence-electron chi connectivity index (χ2n) is 8.29. The minimum absolute atomic E-state index is 0.0309. The summed E-state index contributed by atoms with van der Waals surface area (Å²) in [6, 6.07) is 8.97. The Morgan fingerprint density at radius 2 is 1.82 bits per heavy atom. The number of carbonyl (C=O) groups excluding carboxylic acids is 1. The Bertz CT molecular complexity index is 1130. The van der Waals surface area contributed by atoms with Crippen molar-refractivity contribution in [2.45, 2.75) is 31.2 Å². The Morgan fingerprint density at radius 3 is 2.44 bits per heavy atom. The summed E-state index contributed by atoms with van der Waals surface area (Å²) in [6.07, 6.45) is 2.56. The molecule has 0 radical (unpaired) electrons. The molecule has 0 aromatic heterocycles. The molecule has 0 bridgehead atoms. The number of rotatable bonds is 9. The normalized spacial score (nSPS) is 15.6. The predicted octanol–water partition coefficient (Wildman–Crippen LogP) is 1.40. The maximum Gasteiger partial charge on any atom is 0.254 e. The first-order valence-corrected chi connectivity index (χ1v) is 12.6. The number of primary sulfonamides is 1. The van der Waals surface area contributed by atoms with Crippen molar-refractivity contribution in [1.29, 1.82) is 0 Å². The van der Waals surface area contributed by atoms with Crippen LogP contribution in [0.3, 0.4) is 0 Å². The highest BCUT2D eigenvalue weighted by molar-refractivity contribution is 7.89. The van der Waals surface area contributed by atoms with Gasteiger partial charge in [0.25, 0.3) is 5.91 Å². The molecule has 0 atom stereocenters. The van der Waals surface area contributed by atoms with Crippen molar-refractivity contribution >= 4 is 22.1 Å². The number of aryl methyl sites for hydroxylation is 1. The molecular weight excluding hydrogens is 461 g/mol. The molecule has 0 saturated carbocycles. The number of phenolic OH excluding ortho intramolecular Hbond substituents is 1. The number of nitrogens with zero attached hydrogens (tertiary/aromatic N) is 3. The van der Waals surface area contributed by atoms with Gasteiger partial charge in [-0.2, -0.15) is 5.10 Å². The van der Waals surface area contributed by atoms with Crippen LogP contribution in [0.2, 0.25) is 0 Å². The van der Waals surface area contributed by atoms with Crippen LogP contribution in [0.1, 0.15) is 30.0 Å². The van der Waals surface area contributed by atoms with E-state index in [1.54, 1.807) is 12.1 Å². The van der Waals surface area contributed by atoms with E-state index in [1.807, 2.05) is 11.8 Å². The van der Waals surface area contributed by atoms with Crippen LogP contribution >= 0.6 is 0 Å². The van der Waals surface area contributed by atoms with Gasteiger partial charge in [-0.3, -0.25) is 14.6 Å². The van der Waals surface area contributed by atoms with E-state index in [2.05, 4.69) is 15.4 Å². The molecule has 1 fully saturated rings. The number of hydrogen-bond acceptors (Lipinski definition) is 7. The second kappa shape index (κ2) is 11.5. The van der Waals surface area contributed by atoms with Gasteiger partial charge < -0.3 is 5.11 Å². The van der Waals surface area contributed by atoms with Gasteiger partial charge in [-0.1, -0.05) is 25.5 Å². The minimum atomic E-state index is -3.70. The molecule has 2 aromatic rings. The highest BCUT2D eigenvalue weighted by atomic mass is 32.2. The number of piperazine rings is 1. The molecule has 2 aromatic carbocycles. The molecular formula is C23H30FN5O4S. The second-order valence-corrected chi connectivity index (χ2v) is 9.85. The lowest BCUT2D eigenvalue weighted by Gasteiger charge is -2.34. The Hall–Kier alpha value is -2.86. The molecule has 3 rings (SSSR count). The number of nitrogens with one attached hydrogen (secondary N) is 1. The summed E-state index contributed by atoms with van der Waals surface area (Å²) in [7, 11) is -3.70. The molecule has 0 aliphatic carbocycles. The third-order valence-electron chi connectivity index (χ3n) is 5.59. The number of carbonyl (C=O) groups is 1. The maximum atomic E-state index is 13.8. The van der Waals surface area contributed by atoms with Gasteiger partial charge in [0, 0.05) is 38.3 Å². The first-order chi connectivity index (χ1) is 16.2. The number of sulfonamides is 1. The molecule has 1 saturated heterocycles. The smallest absolute Gasteiger partial charge is 0.254 e. The average Bonchev–Trinajstić information content (AvgIpc) is 2.78. The average molecular weight is 492 g/mol. The molecule has 184 valence electrons. The monoisotopic (exact) mass is 491 g/mol. The zero-order valence-corrected chi connectivity index (χ0v) is 19.9.